The van der Waals surface area contributed by atoms with E-state index < -0.39 is 0 Å². The van der Waals surface area contributed by atoms with E-state index >= 15 is 0 Å². The van der Waals surface area contributed by atoms with Crippen molar-refractivity contribution >= 4 is 5.91 Å². The van der Waals surface area contributed by atoms with Crippen molar-refractivity contribution in [3.63, 3.8) is 0 Å². The summed E-state index contributed by atoms with van der Waals surface area (Å²) in [7, 11) is 1.52. The van der Waals surface area contributed by atoms with Crippen molar-refractivity contribution in [1.82, 2.24) is 14.9 Å². The van der Waals surface area contributed by atoms with Crippen molar-refractivity contribution < 1.29 is 14.3 Å². The summed E-state index contributed by atoms with van der Waals surface area (Å²) in [5.41, 5.74) is 2.34. The predicted molar refractivity (Wildman–Crippen MR) is 103 cm³/mol. The van der Waals surface area contributed by atoms with Gasteiger partial charge in [0.05, 0.1) is 20.1 Å². The number of carbonyl (C=O) groups is 1. The molecule has 27 heavy (non-hydrogen) atoms. The summed E-state index contributed by atoms with van der Waals surface area (Å²) in [6.07, 6.45) is 3.79. The third kappa shape index (κ3) is 5.18. The Morgan fingerprint density at radius 2 is 2.04 bits per heavy atom. The number of rotatable bonds is 6. The fourth-order valence-corrected chi connectivity index (χ4v) is 3.23. The second-order valence-corrected chi connectivity index (χ2v) is 7.18. The highest BCUT2D eigenvalue weighted by atomic mass is 16.5. The molecule has 0 bridgehead atoms. The Hall–Kier alpha value is -2.63. The molecular formula is C21H27N3O3. The molecule has 0 radical (unpaired) electrons. The second kappa shape index (κ2) is 8.84. The first-order valence-electron chi connectivity index (χ1n) is 9.45. The average molecular weight is 369 g/mol. The number of likely N-dealkylation sites (tertiary alicyclic amines) is 1. The topological polar surface area (TPSA) is 64.6 Å². The van der Waals surface area contributed by atoms with E-state index in [1.54, 1.807) is 12.3 Å². The molecule has 2 heterocycles. The number of ether oxygens (including phenoxy) is 2. The molecule has 0 N–H and O–H groups in total. The minimum atomic E-state index is -0.0642. The van der Waals surface area contributed by atoms with Gasteiger partial charge in [-0.25, -0.2) is 4.98 Å². The molecule has 1 saturated heterocycles. The fourth-order valence-electron chi connectivity index (χ4n) is 3.23. The molecule has 1 amide bonds. The van der Waals surface area contributed by atoms with Crippen LogP contribution in [0.2, 0.25) is 0 Å². The fraction of sp³-hybridized carbons (Fsp3) is 0.476. The van der Waals surface area contributed by atoms with Crippen molar-refractivity contribution in [2.45, 2.75) is 45.1 Å². The van der Waals surface area contributed by atoms with E-state index in [2.05, 4.69) is 48.1 Å². The van der Waals surface area contributed by atoms with Crippen LogP contribution < -0.4 is 9.47 Å². The predicted octanol–water partition coefficient (Wildman–Crippen LogP) is 3.22. The van der Waals surface area contributed by atoms with Gasteiger partial charge < -0.3 is 14.4 Å². The number of nitrogens with zero attached hydrogens (tertiary/aromatic N) is 3. The third-order valence-corrected chi connectivity index (χ3v) is 4.81. The quantitative estimate of drug-likeness (QED) is 0.782. The zero-order chi connectivity index (χ0) is 19.2. The number of carbonyl (C=O) groups excluding carboxylic acids is 1. The Kier molecular flexibility index (Phi) is 6.27. The summed E-state index contributed by atoms with van der Waals surface area (Å²) in [5, 5.41) is 0. The van der Waals surface area contributed by atoms with E-state index in [4.69, 9.17) is 9.47 Å². The Morgan fingerprint density at radius 3 is 2.74 bits per heavy atom. The lowest BCUT2D eigenvalue weighted by molar-refractivity contribution is -0.133. The van der Waals surface area contributed by atoms with E-state index in [9.17, 15) is 4.79 Å². The van der Waals surface area contributed by atoms with Crippen LogP contribution in [0.1, 0.15) is 43.7 Å². The Morgan fingerprint density at radius 1 is 1.26 bits per heavy atom. The highest BCUT2D eigenvalue weighted by Gasteiger charge is 2.25. The van der Waals surface area contributed by atoms with Crippen LogP contribution in [0, 0.1) is 0 Å². The summed E-state index contributed by atoms with van der Waals surface area (Å²) in [6.45, 7) is 5.69. The molecule has 0 spiro atoms. The van der Waals surface area contributed by atoms with E-state index in [0.29, 0.717) is 24.8 Å². The van der Waals surface area contributed by atoms with Gasteiger partial charge in [0.1, 0.15) is 6.10 Å². The Balaban J connectivity index is 1.57. The molecule has 144 valence electrons. The summed E-state index contributed by atoms with van der Waals surface area (Å²) < 4.78 is 11.0. The van der Waals surface area contributed by atoms with E-state index in [1.165, 1.54) is 12.7 Å². The molecule has 0 saturated carbocycles. The van der Waals surface area contributed by atoms with Gasteiger partial charge in [0.15, 0.2) is 0 Å². The second-order valence-electron chi connectivity index (χ2n) is 7.18. The molecule has 1 unspecified atom stereocenters. The zero-order valence-electron chi connectivity index (χ0n) is 16.2. The molecule has 1 aliphatic heterocycles. The van der Waals surface area contributed by atoms with Crippen LogP contribution >= 0.6 is 0 Å². The molecule has 1 fully saturated rings. The number of methoxy groups -OCH3 is 1. The number of piperidine rings is 1. The van der Waals surface area contributed by atoms with Gasteiger partial charge in [-0.05, 0) is 29.9 Å². The minimum absolute atomic E-state index is 0.0642. The first-order valence-corrected chi connectivity index (χ1v) is 9.45. The lowest BCUT2D eigenvalue weighted by Crippen LogP contribution is -2.45. The molecule has 1 aliphatic rings. The van der Waals surface area contributed by atoms with E-state index in [-0.39, 0.29) is 18.0 Å². The van der Waals surface area contributed by atoms with Gasteiger partial charge >= 0.3 is 6.01 Å². The normalized spacial score (nSPS) is 17.0. The maximum Gasteiger partial charge on any atom is 0.319 e. The SMILES string of the molecule is COc1nccc(OC2CCCN(C(=O)Cc3ccc(C(C)C)cc3)C2)n1. The van der Waals surface area contributed by atoms with Gasteiger partial charge in [0.25, 0.3) is 0 Å². The van der Waals surface area contributed by atoms with Crippen LogP contribution in [0.25, 0.3) is 0 Å². The molecule has 6 heteroatoms. The monoisotopic (exact) mass is 369 g/mol. The van der Waals surface area contributed by atoms with E-state index in [1.807, 2.05) is 4.90 Å². The summed E-state index contributed by atoms with van der Waals surface area (Å²) >= 11 is 0. The Labute approximate surface area is 160 Å². The maximum absolute atomic E-state index is 12.7. The average Bonchev–Trinajstić information content (AvgIpc) is 2.68. The lowest BCUT2D eigenvalue weighted by atomic mass is 10.0. The lowest BCUT2D eigenvalue weighted by Gasteiger charge is -2.32. The van der Waals surface area contributed by atoms with Gasteiger partial charge in [-0.1, -0.05) is 38.1 Å². The van der Waals surface area contributed by atoms with Crippen molar-refractivity contribution in [3.8, 4) is 11.9 Å². The summed E-state index contributed by atoms with van der Waals surface area (Å²) in [6, 6.07) is 10.3. The number of aromatic nitrogens is 2. The zero-order valence-corrected chi connectivity index (χ0v) is 16.2. The number of amides is 1. The van der Waals surface area contributed by atoms with Crippen molar-refractivity contribution in [2.75, 3.05) is 20.2 Å². The van der Waals surface area contributed by atoms with Crippen LogP contribution in [0.4, 0.5) is 0 Å². The molecule has 0 aliphatic carbocycles. The van der Waals surface area contributed by atoms with E-state index in [0.717, 1.165) is 24.9 Å². The summed E-state index contributed by atoms with van der Waals surface area (Å²) in [4.78, 5) is 22.8. The van der Waals surface area contributed by atoms with Crippen LogP contribution in [-0.4, -0.2) is 47.1 Å². The van der Waals surface area contributed by atoms with Gasteiger partial charge in [-0.2, -0.15) is 4.98 Å². The van der Waals surface area contributed by atoms with Gasteiger partial charge in [0, 0.05) is 18.8 Å². The minimum Gasteiger partial charge on any atom is -0.472 e. The van der Waals surface area contributed by atoms with Gasteiger partial charge in [-0.3, -0.25) is 4.79 Å². The smallest absolute Gasteiger partial charge is 0.319 e. The molecule has 1 aromatic heterocycles. The van der Waals surface area contributed by atoms with Crippen LogP contribution in [0.3, 0.4) is 0 Å². The highest BCUT2D eigenvalue weighted by molar-refractivity contribution is 5.79. The number of hydrogen-bond acceptors (Lipinski definition) is 5. The number of hydrogen-bond donors (Lipinski definition) is 0. The molecule has 1 aromatic carbocycles. The third-order valence-electron chi connectivity index (χ3n) is 4.81. The Bertz CT molecular complexity index is 762. The van der Waals surface area contributed by atoms with Gasteiger partial charge in [0.2, 0.25) is 11.8 Å². The largest absolute Gasteiger partial charge is 0.472 e. The van der Waals surface area contributed by atoms with Crippen LogP contribution in [0.5, 0.6) is 11.9 Å². The molecule has 6 nitrogen and oxygen atoms in total. The van der Waals surface area contributed by atoms with Gasteiger partial charge in [-0.15, -0.1) is 0 Å². The first kappa shape index (κ1) is 19.1. The summed E-state index contributed by atoms with van der Waals surface area (Å²) in [5.74, 6) is 1.11. The van der Waals surface area contributed by atoms with Crippen molar-refractivity contribution in [1.29, 1.82) is 0 Å². The molecule has 3 rings (SSSR count). The maximum atomic E-state index is 12.7. The van der Waals surface area contributed by atoms with Crippen LogP contribution in [0.15, 0.2) is 36.5 Å². The highest BCUT2D eigenvalue weighted by Crippen LogP contribution is 2.19. The van der Waals surface area contributed by atoms with Crippen molar-refractivity contribution in [2.24, 2.45) is 0 Å². The molecule has 1 atom stereocenters. The molecular weight excluding hydrogens is 342 g/mol. The number of benzene rings is 1. The standard InChI is InChI=1S/C21H27N3O3/c1-15(2)17-8-6-16(7-9-17)13-20(25)24-12-4-5-18(14-24)27-19-10-11-22-21(23-19)26-3/h6-11,15,18H,4-5,12-14H2,1-3H3. The van der Waals surface area contributed by atoms with Crippen LogP contribution in [-0.2, 0) is 11.2 Å². The molecule has 2 aromatic rings. The van der Waals surface area contributed by atoms with Crippen molar-refractivity contribution in [3.05, 3.63) is 47.7 Å². The first-order chi connectivity index (χ1) is 13.0.